The van der Waals surface area contributed by atoms with E-state index in [1.54, 1.807) is 6.20 Å². The lowest BCUT2D eigenvalue weighted by Gasteiger charge is -2.26. The monoisotopic (exact) mass is 299 g/mol. The Morgan fingerprint density at radius 2 is 2.30 bits per heavy atom. The van der Waals surface area contributed by atoms with E-state index < -0.39 is 0 Å². The highest BCUT2D eigenvalue weighted by molar-refractivity contribution is 6.31. The van der Waals surface area contributed by atoms with Gasteiger partial charge in [-0.05, 0) is 40.2 Å². The number of nitrogens with zero attached hydrogens (tertiary/aromatic N) is 2. The van der Waals surface area contributed by atoms with Crippen molar-refractivity contribution in [1.29, 1.82) is 0 Å². The van der Waals surface area contributed by atoms with Crippen LogP contribution in [-0.2, 0) is 4.74 Å². The van der Waals surface area contributed by atoms with Crippen molar-refractivity contribution >= 4 is 11.6 Å². The number of ether oxygens (including phenoxy) is 1. The normalized spacial score (nSPS) is 24.5. The Balaban J connectivity index is 2.28. The maximum absolute atomic E-state index is 6.41. The molecule has 3 unspecified atom stereocenters. The molecule has 1 aromatic rings. The number of nitrogens with one attached hydrogen (secondary N) is 1. The van der Waals surface area contributed by atoms with E-state index in [-0.39, 0.29) is 6.04 Å². The first-order valence-electron chi connectivity index (χ1n) is 7.62. The summed E-state index contributed by atoms with van der Waals surface area (Å²) >= 11 is 6.41. The highest BCUT2D eigenvalue weighted by Gasteiger charge is 2.34. The fraction of sp³-hybridized carbons (Fsp3) is 0.800. The van der Waals surface area contributed by atoms with Gasteiger partial charge in [-0.15, -0.1) is 0 Å². The molecule has 0 aliphatic carbocycles. The minimum absolute atomic E-state index is 0.220. The highest BCUT2D eigenvalue weighted by atomic mass is 35.5. The summed E-state index contributed by atoms with van der Waals surface area (Å²) in [6, 6.07) is 0.528. The van der Waals surface area contributed by atoms with Crippen molar-refractivity contribution in [3.8, 4) is 0 Å². The minimum Gasteiger partial charge on any atom is -0.378 e. The molecule has 4 nitrogen and oxygen atoms in total. The smallest absolute Gasteiger partial charge is 0.0834 e. The van der Waals surface area contributed by atoms with Crippen LogP contribution in [0.15, 0.2) is 6.20 Å². The minimum atomic E-state index is 0.220. The van der Waals surface area contributed by atoms with Gasteiger partial charge in [0, 0.05) is 12.0 Å². The van der Waals surface area contributed by atoms with E-state index in [1.807, 2.05) is 4.68 Å². The van der Waals surface area contributed by atoms with E-state index in [0.717, 1.165) is 36.7 Å². The summed E-state index contributed by atoms with van der Waals surface area (Å²) in [5.74, 6) is 0.461. The van der Waals surface area contributed by atoms with E-state index in [2.05, 4.69) is 38.1 Å². The molecule has 1 aromatic heterocycles. The molecule has 0 spiro atoms. The van der Waals surface area contributed by atoms with Crippen LogP contribution in [-0.4, -0.2) is 29.0 Å². The first kappa shape index (κ1) is 15.8. The molecule has 1 aliphatic rings. The van der Waals surface area contributed by atoms with Gasteiger partial charge in [0.2, 0.25) is 0 Å². The lowest BCUT2D eigenvalue weighted by atomic mass is 9.94. The van der Waals surface area contributed by atoms with Crippen molar-refractivity contribution in [2.45, 2.75) is 58.7 Å². The number of hydrogen-bond acceptors (Lipinski definition) is 3. The Morgan fingerprint density at radius 3 is 2.85 bits per heavy atom. The van der Waals surface area contributed by atoms with Crippen molar-refractivity contribution in [1.82, 2.24) is 15.1 Å². The zero-order chi connectivity index (χ0) is 14.7. The van der Waals surface area contributed by atoms with Gasteiger partial charge < -0.3 is 10.1 Å². The molecule has 5 heteroatoms. The lowest BCUT2D eigenvalue weighted by Crippen LogP contribution is -2.32. The second-order valence-corrected chi connectivity index (χ2v) is 6.39. The molecule has 1 saturated heterocycles. The Labute approximate surface area is 126 Å². The second kappa shape index (κ2) is 6.92. The molecule has 2 heterocycles. The van der Waals surface area contributed by atoms with E-state index in [0.29, 0.717) is 18.1 Å². The van der Waals surface area contributed by atoms with Gasteiger partial charge in [-0.1, -0.05) is 18.5 Å². The molecule has 1 N–H and O–H groups in total. The fourth-order valence-electron chi connectivity index (χ4n) is 2.92. The third kappa shape index (κ3) is 3.35. The Morgan fingerprint density at radius 1 is 1.55 bits per heavy atom. The van der Waals surface area contributed by atoms with Crippen LogP contribution in [0.4, 0.5) is 0 Å². The highest BCUT2D eigenvalue weighted by Crippen LogP contribution is 2.35. The van der Waals surface area contributed by atoms with Crippen LogP contribution >= 0.6 is 11.6 Å². The average Bonchev–Trinajstić information content (AvgIpc) is 2.98. The van der Waals surface area contributed by atoms with Gasteiger partial charge >= 0.3 is 0 Å². The van der Waals surface area contributed by atoms with Crippen LogP contribution in [0.1, 0.15) is 58.3 Å². The largest absolute Gasteiger partial charge is 0.378 e. The van der Waals surface area contributed by atoms with E-state index in [1.165, 1.54) is 0 Å². The molecule has 0 aromatic carbocycles. The summed E-state index contributed by atoms with van der Waals surface area (Å²) in [6.07, 6.45) is 4.27. The maximum Gasteiger partial charge on any atom is 0.0834 e. The Bertz CT molecular complexity index is 433. The molecule has 1 aliphatic heterocycles. The molecular weight excluding hydrogens is 274 g/mol. The quantitative estimate of drug-likeness (QED) is 0.872. The number of rotatable bonds is 6. The molecule has 2 rings (SSSR count). The van der Waals surface area contributed by atoms with Crippen LogP contribution in [0.2, 0.25) is 5.02 Å². The van der Waals surface area contributed by atoms with Crippen molar-refractivity contribution in [3.05, 3.63) is 16.9 Å². The second-order valence-electron chi connectivity index (χ2n) is 5.99. The molecular formula is C15H26ClN3O. The summed E-state index contributed by atoms with van der Waals surface area (Å²) in [5, 5.41) is 8.84. The standard InChI is InChI=1S/C15H26ClN3O/c1-5-6-17-14(12-7-11(4)20-9-12)15-13(16)8-18-19(15)10(2)3/h8,10-12,14,17H,5-7,9H2,1-4H3. The van der Waals surface area contributed by atoms with Gasteiger partial charge in [0.15, 0.2) is 0 Å². The van der Waals surface area contributed by atoms with Crippen LogP contribution in [0.25, 0.3) is 0 Å². The van der Waals surface area contributed by atoms with Crippen LogP contribution in [0.3, 0.4) is 0 Å². The third-order valence-corrected chi connectivity index (χ3v) is 4.18. The van der Waals surface area contributed by atoms with Crippen molar-refractivity contribution in [2.75, 3.05) is 13.2 Å². The molecule has 3 atom stereocenters. The van der Waals surface area contributed by atoms with Crippen LogP contribution < -0.4 is 5.32 Å². The van der Waals surface area contributed by atoms with Gasteiger partial charge in [-0.3, -0.25) is 4.68 Å². The van der Waals surface area contributed by atoms with Crippen molar-refractivity contribution in [3.63, 3.8) is 0 Å². The molecule has 0 radical (unpaired) electrons. The summed E-state index contributed by atoms with van der Waals surface area (Å²) in [6.45, 7) is 10.4. The summed E-state index contributed by atoms with van der Waals surface area (Å²) in [5.41, 5.74) is 1.11. The van der Waals surface area contributed by atoms with Gasteiger partial charge in [-0.25, -0.2) is 0 Å². The molecule has 114 valence electrons. The average molecular weight is 300 g/mol. The molecule has 0 saturated carbocycles. The molecule has 0 amide bonds. The van der Waals surface area contributed by atoms with E-state index >= 15 is 0 Å². The predicted octanol–water partition coefficient (Wildman–Crippen LogP) is 3.58. The van der Waals surface area contributed by atoms with E-state index in [9.17, 15) is 0 Å². The number of aromatic nitrogens is 2. The van der Waals surface area contributed by atoms with Crippen LogP contribution in [0.5, 0.6) is 0 Å². The van der Waals surface area contributed by atoms with Gasteiger partial charge in [-0.2, -0.15) is 5.10 Å². The predicted molar refractivity (Wildman–Crippen MR) is 82.2 cm³/mol. The third-order valence-electron chi connectivity index (χ3n) is 3.89. The summed E-state index contributed by atoms with van der Waals surface area (Å²) in [7, 11) is 0. The summed E-state index contributed by atoms with van der Waals surface area (Å²) in [4.78, 5) is 0. The van der Waals surface area contributed by atoms with Crippen LogP contribution in [0, 0.1) is 5.92 Å². The molecule has 1 fully saturated rings. The Hall–Kier alpha value is -0.580. The zero-order valence-corrected chi connectivity index (χ0v) is 13.7. The maximum atomic E-state index is 6.41. The van der Waals surface area contributed by atoms with Crippen molar-refractivity contribution < 1.29 is 4.74 Å². The Kier molecular flexibility index (Phi) is 5.47. The number of hydrogen-bond donors (Lipinski definition) is 1. The number of halogens is 1. The first-order chi connectivity index (χ1) is 9.54. The lowest BCUT2D eigenvalue weighted by molar-refractivity contribution is 0.116. The van der Waals surface area contributed by atoms with Gasteiger partial charge in [0.1, 0.15) is 0 Å². The molecule has 20 heavy (non-hydrogen) atoms. The van der Waals surface area contributed by atoms with E-state index in [4.69, 9.17) is 16.3 Å². The van der Waals surface area contributed by atoms with Crippen molar-refractivity contribution in [2.24, 2.45) is 5.92 Å². The molecule has 0 bridgehead atoms. The zero-order valence-electron chi connectivity index (χ0n) is 12.9. The van der Waals surface area contributed by atoms with Gasteiger partial charge in [0.05, 0.1) is 35.7 Å². The van der Waals surface area contributed by atoms with Gasteiger partial charge in [0.25, 0.3) is 0 Å². The fourth-order valence-corrected chi connectivity index (χ4v) is 3.17. The first-order valence-corrected chi connectivity index (χ1v) is 8.00. The summed E-state index contributed by atoms with van der Waals surface area (Å²) < 4.78 is 7.79. The SMILES string of the molecule is CCCNC(c1c(Cl)cnn1C(C)C)C1COC(C)C1. The topological polar surface area (TPSA) is 39.1 Å².